The summed E-state index contributed by atoms with van der Waals surface area (Å²) in [7, 11) is 0. The summed E-state index contributed by atoms with van der Waals surface area (Å²) in [6.07, 6.45) is 0. The minimum absolute atomic E-state index is 0.675. The van der Waals surface area contributed by atoms with Crippen LogP contribution in [0, 0.1) is 0 Å². The van der Waals surface area contributed by atoms with Gasteiger partial charge in [-0.25, -0.2) is 0 Å². The third kappa shape index (κ3) is 2.13. The summed E-state index contributed by atoms with van der Waals surface area (Å²) in [5.41, 5.74) is 3.40. The Hall–Kier alpha value is -1.22. The van der Waals surface area contributed by atoms with Gasteiger partial charge in [0.1, 0.15) is 5.75 Å². The summed E-state index contributed by atoms with van der Waals surface area (Å²) in [5.74, 6) is 6.05. The molecule has 0 saturated carbocycles. The number of anilines is 1. The van der Waals surface area contributed by atoms with Crippen molar-refractivity contribution >= 4 is 5.69 Å². The van der Waals surface area contributed by atoms with Crippen molar-refractivity contribution in [2.24, 2.45) is 5.84 Å². The van der Waals surface area contributed by atoms with Gasteiger partial charge in [0.25, 0.3) is 0 Å². The van der Waals surface area contributed by atoms with Crippen LogP contribution in [0.1, 0.15) is 6.92 Å². The van der Waals surface area contributed by atoms with Crippen LogP contribution in [0.15, 0.2) is 24.3 Å². The van der Waals surface area contributed by atoms with Crippen molar-refractivity contribution in [3.05, 3.63) is 24.3 Å². The first kappa shape index (κ1) is 7.88. The Labute approximate surface area is 66.1 Å². The monoisotopic (exact) mass is 152 g/mol. The van der Waals surface area contributed by atoms with Crippen molar-refractivity contribution in [2.75, 3.05) is 12.0 Å². The van der Waals surface area contributed by atoms with Crippen LogP contribution in [0.25, 0.3) is 0 Å². The van der Waals surface area contributed by atoms with Gasteiger partial charge in [-0.05, 0) is 19.1 Å². The van der Waals surface area contributed by atoms with Gasteiger partial charge in [0.15, 0.2) is 0 Å². The van der Waals surface area contributed by atoms with E-state index in [4.69, 9.17) is 10.6 Å². The normalized spacial score (nSPS) is 9.27. The van der Waals surface area contributed by atoms with Crippen LogP contribution in [-0.4, -0.2) is 6.61 Å². The number of rotatable bonds is 3. The second-order valence-corrected chi connectivity index (χ2v) is 2.11. The Morgan fingerprint density at radius 2 is 2.36 bits per heavy atom. The van der Waals surface area contributed by atoms with E-state index in [1.165, 1.54) is 0 Å². The number of hydrogen-bond donors (Lipinski definition) is 2. The molecule has 1 rings (SSSR count). The molecule has 0 saturated heterocycles. The van der Waals surface area contributed by atoms with Crippen LogP contribution >= 0.6 is 0 Å². The van der Waals surface area contributed by atoms with Crippen LogP contribution in [0.2, 0.25) is 0 Å². The molecule has 3 N–H and O–H groups in total. The maximum atomic E-state index is 5.25. The molecule has 1 aromatic carbocycles. The van der Waals surface area contributed by atoms with Crippen LogP contribution in [-0.2, 0) is 0 Å². The first-order valence-corrected chi connectivity index (χ1v) is 3.56. The lowest BCUT2D eigenvalue weighted by atomic mass is 10.3. The molecule has 3 nitrogen and oxygen atoms in total. The van der Waals surface area contributed by atoms with E-state index in [1.54, 1.807) is 0 Å². The predicted octanol–water partition coefficient (Wildman–Crippen LogP) is 1.37. The predicted molar refractivity (Wildman–Crippen MR) is 45.4 cm³/mol. The van der Waals surface area contributed by atoms with E-state index < -0.39 is 0 Å². The molecule has 0 bridgehead atoms. The van der Waals surface area contributed by atoms with E-state index in [-0.39, 0.29) is 0 Å². The highest BCUT2D eigenvalue weighted by Gasteiger charge is 1.91. The number of nitrogen functional groups attached to an aromatic ring is 1. The van der Waals surface area contributed by atoms with Gasteiger partial charge < -0.3 is 10.2 Å². The zero-order chi connectivity index (χ0) is 8.10. The van der Waals surface area contributed by atoms with Gasteiger partial charge in [-0.2, -0.15) is 0 Å². The summed E-state index contributed by atoms with van der Waals surface area (Å²) in [4.78, 5) is 0. The average Bonchev–Trinajstić information content (AvgIpc) is 2.06. The third-order valence-electron chi connectivity index (χ3n) is 1.31. The van der Waals surface area contributed by atoms with Crippen molar-refractivity contribution in [1.29, 1.82) is 0 Å². The fourth-order valence-electron chi connectivity index (χ4n) is 0.842. The second-order valence-electron chi connectivity index (χ2n) is 2.11. The smallest absolute Gasteiger partial charge is 0.121 e. The third-order valence-corrected chi connectivity index (χ3v) is 1.31. The van der Waals surface area contributed by atoms with E-state index >= 15 is 0 Å². The lowest BCUT2D eigenvalue weighted by molar-refractivity contribution is 0.340. The highest BCUT2D eigenvalue weighted by atomic mass is 16.5. The second kappa shape index (κ2) is 3.83. The molecule has 0 unspecified atom stereocenters. The molecule has 0 atom stereocenters. The van der Waals surface area contributed by atoms with Gasteiger partial charge in [-0.15, -0.1) is 0 Å². The Morgan fingerprint density at radius 1 is 1.55 bits per heavy atom. The van der Waals surface area contributed by atoms with Crippen LogP contribution in [0.4, 0.5) is 5.69 Å². The number of nitrogens with one attached hydrogen (secondary N) is 1. The molecule has 0 radical (unpaired) electrons. The minimum Gasteiger partial charge on any atom is -0.494 e. The quantitative estimate of drug-likeness (QED) is 0.508. The Bertz CT molecular complexity index is 225. The molecule has 0 aliphatic rings. The molecule has 11 heavy (non-hydrogen) atoms. The fraction of sp³-hybridized carbons (Fsp3) is 0.250. The first-order valence-electron chi connectivity index (χ1n) is 3.56. The van der Waals surface area contributed by atoms with Gasteiger partial charge in [0, 0.05) is 6.07 Å². The number of nitrogens with two attached hydrogens (primary N) is 1. The van der Waals surface area contributed by atoms with Crippen molar-refractivity contribution in [3.8, 4) is 5.75 Å². The van der Waals surface area contributed by atoms with Crippen LogP contribution in [0.5, 0.6) is 5.75 Å². The lowest BCUT2D eigenvalue weighted by Gasteiger charge is -2.04. The molecule has 0 aromatic heterocycles. The fourth-order valence-corrected chi connectivity index (χ4v) is 0.842. The highest BCUT2D eigenvalue weighted by Crippen LogP contribution is 2.15. The minimum atomic E-state index is 0.675. The SMILES string of the molecule is CCOc1cccc(NN)c1. The average molecular weight is 152 g/mol. The van der Waals surface area contributed by atoms with Gasteiger partial charge >= 0.3 is 0 Å². The summed E-state index contributed by atoms with van der Waals surface area (Å²) in [5, 5.41) is 0. The summed E-state index contributed by atoms with van der Waals surface area (Å²) in [6, 6.07) is 7.51. The molecule has 3 heteroatoms. The molecule has 1 aromatic rings. The molecule has 0 heterocycles. The Balaban J connectivity index is 2.74. The zero-order valence-corrected chi connectivity index (χ0v) is 6.50. The van der Waals surface area contributed by atoms with Gasteiger partial charge in [-0.3, -0.25) is 5.84 Å². The van der Waals surface area contributed by atoms with Crippen molar-refractivity contribution in [3.63, 3.8) is 0 Å². The Morgan fingerprint density at radius 3 is 3.00 bits per heavy atom. The summed E-state index contributed by atoms with van der Waals surface area (Å²) >= 11 is 0. The van der Waals surface area contributed by atoms with Crippen molar-refractivity contribution in [1.82, 2.24) is 0 Å². The summed E-state index contributed by atoms with van der Waals surface area (Å²) in [6.45, 7) is 2.62. The summed E-state index contributed by atoms with van der Waals surface area (Å²) < 4.78 is 5.25. The maximum Gasteiger partial charge on any atom is 0.121 e. The van der Waals surface area contributed by atoms with E-state index in [0.717, 1.165) is 11.4 Å². The van der Waals surface area contributed by atoms with E-state index in [0.29, 0.717) is 6.61 Å². The van der Waals surface area contributed by atoms with Crippen LogP contribution < -0.4 is 16.0 Å². The molecular formula is C8H12N2O. The Kier molecular flexibility index (Phi) is 2.74. The van der Waals surface area contributed by atoms with Crippen molar-refractivity contribution < 1.29 is 4.74 Å². The first-order chi connectivity index (χ1) is 5.36. The molecule has 0 spiro atoms. The number of hydrogen-bond acceptors (Lipinski definition) is 3. The number of ether oxygens (including phenoxy) is 1. The van der Waals surface area contributed by atoms with Crippen LogP contribution in [0.3, 0.4) is 0 Å². The maximum absolute atomic E-state index is 5.25. The molecule has 0 aliphatic heterocycles. The van der Waals surface area contributed by atoms with E-state index in [2.05, 4.69) is 5.43 Å². The molecule has 0 amide bonds. The van der Waals surface area contributed by atoms with Gasteiger partial charge in [-0.1, -0.05) is 6.07 Å². The van der Waals surface area contributed by atoms with E-state index in [1.807, 2.05) is 31.2 Å². The zero-order valence-electron chi connectivity index (χ0n) is 6.50. The highest BCUT2D eigenvalue weighted by molar-refractivity contribution is 5.46. The molecular weight excluding hydrogens is 140 g/mol. The molecule has 0 fully saturated rings. The lowest BCUT2D eigenvalue weighted by Crippen LogP contribution is -2.06. The largest absolute Gasteiger partial charge is 0.494 e. The number of benzene rings is 1. The standard InChI is InChI=1S/C8H12N2O/c1-2-11-8-5-3-4-7(6-8)10-9/h3-6,10H,2,9H2,1H3. The topological polar surface area (TPSA) is 47.3 Å². The molecule has 0 aliphatic carbocycles. The molecule has 60 valence electrons. The van der Waals surface area contributed by atoms with Crippen molar-refractivity contribution in [2.45, 2.75) is 6.92 Å². The van der Waals surface area contributed by atoms with Gasteiger partial charge in [0.2, 0.25) is 0 Å². The van der Waals surface area contributed by atoms with Gasteiger partial charge in [0.05, 0.1) is 12.3 Å². The number of hydrazine groups is 1. The van der Waals surface area contributed by atoms with E-state index in [9.17, 15) is 0 Å².